The fourth-order valence-corrected chi connectivity index (χ4v) is 18.2. The molecule has 0 atom stereocenters. The largest absolute Gasteiger partial charge is 0.343 e. The lowest BCUT2D eigenvalue weighted by Crippen LogP contribution is -2.44. The number of hydrogen-bond acceptors (Lipinski definition) is 4. The van der Waals surface area contributed by atoms with E-state index in [2.05, 4.69) is 79.7 Å². The van der Waals surface area contributed by atoms with E-state index in [0.717, 1.165) is 18.1 Å². The molecule has 0 fully saturated rings. The van der Waals surface area contributed by atoms with Crippen LogP contribution in [0.1, 0.15) is 20.8 Å². The van der Waals surface area contributed by atoms with Gasteiger partial charge in [-0.1, -0.05) is 20.8 Å². The Labute approximate surface area is 156 Å². The number of rotatable bonds is 11. The molecule has 147 valence electrons. The highest BCUT2D eigenvalue weighted by atomic mass is 31.2. The summed E-state index contributed by atoms with van der Waals surface area (Å²) in [6.45, 7) is 26.5. The maximum absolute atomic E-state index is 6.89. The van der Waals surface area contributed by atoms with Gasteiger partial charge in [0.2, 0.25) is 8.32 Å². The van der Waals surface area contributed by atoms with Crippen LogP contribution in [0.2, 0.25) is 77.1 Å². The van der Waals surface area contributed by atoms with Gasteiger partial charge in [0.05, 0.1) is 0 Å². The summed E-state index contributed by atoms with van der Waals surface area (Å²) >= 11 is 0. The molecular formula is C15H42O4PSi4. The molecule has 0 saturated carbocycles. The summed E-state index contributed by atoms with van der Waals surface area (Å²) in [5, 5.41) is 0. The van der Waals surface area contributed by atoms with Crippen LogP contribution in [0.25, 0.3) is 0 Å². The lowest BCUT2D eigenvalue weighted by molar-refractivity contribution is 0.251. The molecule has 0 aliphatic carbocycles. The minimum atomic E-state index is -2.78. The third kappa shape index (κ3) is 9.73. The lowest BCUT2D eigenvalue weighted by Gasteiger charge is -2.48. The molecule has 0 aromatic rings. The smallest absolute Gasteiger partial charge is 0.339 e. The highest BCUT2D eigenvalue weighted by Crippen LogP contribution is 2.69. The topological polar surface area (TPSA) is 36.9 Å². The third-order valence-electron chi connectivity index (χ3n) is 3.40. The molecule has 0 aliphatic rings. The summed E-state index contributed by atoms with van der Waals surface area (Å²) in [4.78, 5) is 0. The van der Waals surface area contributed by atoms with Crippen LogP contribution < -0.4 is 0 Å². The highest BCUT2D eigenvalue weighted by Gasteiger charge is 2.50. The normalized spacial score (nSPS) is 15.0. The molecule has 9 heteroatoms. The highest BCUT2D eigenvalue weighted by molar-refractivity contribution is 7.62. The van der Waals surface area contributed by atoms with Gasteiger partial charge in [0.1, 0.15) is 0 Å². The predicted molar refractivity (Wildman–Crippen MR) is 118 cm³/mol. The van der Waals surface area contributed by atoms with E-state index in [4.69, 9.17) is 16.9 Å². The summed E-state index contributed by atoms with van der Waals surface area (Å²) < 4.78 is 26.8. The zero-order chi connectivity index (χ0) is 19.4. The van der Waals surface area contributed by atoms with E-state index in [0.29, 0.717) is 0 Å². The minimum Gasteiger partial charge on any atom is -0.343 e. The summed E-state index contributed by atoms with van der Waals surface area (Å²) in [7, 11) is -10.4. The van der Waals surface area contributed by atoms with Gasteiger partial charge in [0.15, 0.2) is 25.0 Å². The van der Waals surface area contributed by atoms with Crippen molar-refractivity contribution in [3.05, 3.63) is 0 Å². The van der Waals surface area contributed by atoms with Gasteiger partial charge in [-0.15, -0.1) is 0 Å². The van der Waals surface area contributed by atoms with Crippen molar-refractivity contribution in [1.82, 2.24) is 0 Å². The van der Waals surface area contributed by atoms with Gasteiger partial charge in [-0.25, -0.2) is 0 Å². The molecule has 0 aromatic carbocycles. The van der Waals surface area contributed by atoms with Crippen molar-refractivity contribution in [2.75, 3.05) is 0 Å². The van der Waals surface area contributed by atoms with Crippen molar-refractivity contribution >= 4 is 41.4 Å². The molecule has 0 bridgehead atoms. The van der Waals surface area contributed by atoms with Crippen LogP contribution in [0.3, 0.4) is 0 Å². The van der Waals surface area contributed by atoms with E-state index in [1.165, 1.54) is 0 Å². The summed E-state index contributed by atoms with van der Waals surface area (Å²) in [6.07, 6.45) is 0. The first-order valence-corrected chi connectivity index (χ1v) is 23.4. The Morgan fingerprint density at radius 1 is 0.500 bits per heavy atom. The van der Waals surface area contributed by atoms with Crippen LogP contribution in [-0.2, 0) is 16.9 Å². The maximum Gasteiger partial charge on any atom is 0.339 e. The first-order chi connectivity index (χ1) is 10.5. The molecule has 0 amide bonds. The Hall–Kier alpha value is 1.14. The SMILES string of the molecule is CC[Si](CC)(CC)O[P](O[Si](C)(C)C)(O[Si](C)(C)C)O[Si](C)(C)C. The van der Waals surface area contributed by atoms with E-state index < -0.39 is 41.4 Å². The van der Waals surface area contributed by atoms with Crippen molar-refractivity contribution < 1.29 is 16.9 Å². The second kappa shape index (κ2) is 8.88. The molecule has 0 spiro atoms. The van der Waals surface area contributed by atoms with Gasteiger partial charge < -0.3 is 16.9 Å². The van der Waals surface area contributed by atoms with Gasteiger partial charge >= 0.3 is 8.17 Å². The van der Waals surface area contributed by atoms with Crippen LogP contribution in [0.4, 0.5) is 0 Å². The molecule has 1 radical (unpaired) electrons. The summed E-state index contributed by atoms with van der Waals surface area (Å²) in [5.41, 5.74) is 0. The lowest BCUT2D eigenvalue weighted by atomic mass is 10.9. The van der Waals surface area contributed by atoms with Crippen molar-refractivity contribution in [3.8, 4) is 0 Å². The van der Waals surface area contributed by atoms with Crippen molar-refractivity contribution in [3.63, 3.8) is 0 Å². The molecule has 0 aliphatic heterocycles. The fourth-order valence-electron chi connectivity index (χ4n) is 2.30. The zero-order valence-electron chi connectivity index (χ0n) is 18.2. The van der Waals surface area contributed by atoms with Crippen LogP contribution in [-0.4, -0.2) is 33.3 Å². The molecule has 0 aromatic heterocycles. The van der Waals surface area contributed by atoms with E-state index >= 15 is 0 Å². The second-order valence-corrected chi connectivity index (χ2v) is 30.4. The molecule has 24 heavy (non-hydrogen) atoms. The maximum atomic E-state index is 6.89. The molecule has 0 heterocycles. The van der Waals surface area contributed by atoms with Gasteiger partial charge in [0, 0.05) is 0 Å². The average molecular weight is 430 g/mol. The first-order valence-electron chi connectivity index (χ1n) is 9.23. The zero-order valence-corrected chi connectivity index (χ0v) is 23.1. The Morgan fingerprint density at radius 3 is 0.917 bits per heavy atom. The summed E-state index contributed by atoms with van der Waals surface area (Å²) in [5.74, 6) is 0. The molecule has 0 rings (SSSR count). The van der Waals surface area contributed by atoms with E-state index in [9.17, 15) is 0 Å². The Bertz CT molecular complexity index is 335. The molecule has 0 unspecified atom stereocenters. The molecule has 0 saturated heterocycles. The number of hydrogen-bond donors (Lipinski definition) is 0. The summed E-state index contributed by atoms with van der Waals surface area (Å²) in [6, 6.07) is 3.21. The standard InChI is InChI=1S/C15H42O4PSi4/c1-13-24(14-2,15-3)19-20(16-21(4,5)6,17-22(7,8)9)18-23(10,11)12/h13-15H2,1-12H3. The van der Waals surface area contributed by atoms with Crippen molar-refractivity contribution in [2.24, 2.45) is 0 Å². The van der Waals surface area contributed by atoms with E-state index in [1.807, 2.05) is 0 Å². The van der Waals surface area contributed by atoms with Crippen LogP contribution >= 0.6 is 8.17 Å². The average Bonchev–Trinajstić information content (AvgIpc) is 2.29. The molecule has 0 N–H and O–H groups in total. The first kappa shape index (κ1) is 25.1. The van der Waals surface area contributed by atoms with Crippen LogP contribution in [0.15, 0.2) is 0 Å². The van der Waals surface area contributed by atoms with Gasteiger partial charge in [-0.3, -0.25) is 0 Å². The van der Waals surface area contributed by atoms with E-state index in [1.54, 1.807) is 0 Å². The van der Waals surface area contributed by atoms with Crippen molar-refractivity contribution in [2.45, 2.75) is 97.8 Å². The second-order valence-electron chi connectivity index (χ2n) is 9.39. The van der Waals surface area contributed by atoms with Gasteiger partial charge in [-0.05, 0) is 77.1 Å². The molecular weight excluding hydrogens is 387 g/mol. The quantitative estimate of drug-likeness (QED) is 0.256. The Morgan fingerprint density at radius 2 is 0.750 bits per heavy atom. The Balaban J connectivity index is 6.04. The predicted octanol–water partition coefficient (Wildman–Crippen LogP) is 7.24. The third-order valence-corrected chi connectivity index (χ3v) is 19.0. The van der Waals surface area contributed by atoms with Crippen LogP contribution in [0.5, 0.6) is 0 Å². The van der Waals surface area contributed by atoms with Gasteiger partial charge in [-0.2, -0.15) is 0 Å². The van der Waals surface area contributed by atoms with E-state index in [-0.39, 0.29) is 0 Å². The van der Waals surface area contributed by atoms with Crippen molar-refractivity contribution in [1.29, 1.82) is 0 Å². The Kier molecular flexibility index (Phi) is 9.31. The van der Waals surface area contributed by atoms with Crippen LogP contribution in [0, 0.1) is 0 Å². The monoisotopic (exact) mass is 429 g/mol. The van der Waals surface area contributed by atoms with Gasteiger partial charge in [0.25, 0.3) is 0 Å². The minimum absolute atomic E-state index is 1.07. The molecule has 4 nitrogen and oxygen atoms in total. The fraction of sp³-hybridized carbons (Fsp3) is 1.00.